The molecule has 4 nitrogen and oxygen atoms in total. The van der Waals surface area contributed by atoms with E-state index < -0.39 is 16.8 Å². The number of H-pyrrole nitrogens is 1. The number of halogens is 1. The van der Waals surface area contributed by atoms with Crippen LogP contribution in [0.4, 0.5) is 10.1 Å². The van der Waals surface area contributed by atoms with E-state index in [0.717, 1.165) is 36.6 Å². The first kappa shape index (κ1) is 17.7. The number of benzene rings is 1. The highest BCUT2D eigenvalue weighted by Gasteiger charge is 2.25. The summed E-state index contributed by atoms with van der Waals surface area (Å²) >= 11 is 0. The zero-order valence-corrected chi connectivity index (χ0v) is 15.3. The summed E-state index contributed by atoms with van der Waals surface area (Å²) < 4.78 is 29.4. The Morgan fingerprint density at radius 3 is 2.96 bits per heavy atom. The van der Waals surface area contributed by atoms with Crippen LogP contribution in [0.5, 0.6) is 0 Å². The third-order valence-electron chi connectivity index (χ3n) is 4.64. The predicted octanol–water partition coefficient (Wildman–Crippen LogP) is 4.31. The Balaban J connectivity index is 1.75. The van der Waals surface area contributed by atoms with Gasteiger partial charge in [-0.1, -0.05) is 13.8 Å². The lowest BCUT2D eigenvalue weighted by atomic mass is 9.83. The SMILES string of the molecule is CC(C)CC1CCc2c(S(=O)Nc3ccc(C#N)cc3F)c[nH]c2C1. The van der Waals surface area contributed by atoms with E-state index in [2.05, 4.69) is 23.6 Å². The van der Waals surface area contributed by atoms with Gasteiger partial charge in [-0.25, -0.2) is 8.60 Å². The average Bonchev–Trinajstić information content (AvgIpc) is 2.99. The Morgan fingerprint density at radius 2 is 2.28 bits per heavy atom. The van der Waals surface area contributed by atoms with E-state index in [-0.39, 0.29) is 11.3 Å². The van der Waals surface area contributed by atoms with Crippen LogP contribution in [0.1, 0.15) is 43.5 Å². The van der Waals surface area contributed by atoms with Crippen LogP contribution in [0.3, 0.4) is 0 Å². The molecule has 25 heavy (non-hydrogen) atoms. The number of nitriles is 1. The van der Waals surface area contributed by atoms with Crippen molar-refractivity contribution in [2.24, 2.45) is 11.8 Å². The van der Waals surface area contributed by atoms with Crippen LogP contribution in [0.25, 0.3) is 0 Å². The predicted molar refractivity (Wildman–Crippen MR) is 96.9 cm³/mol. The molecule has 1 aliphatic carbocycles. The van der Waals surface area contributed by atoms with E-state index >= 15 is 0 Å². The maximum absolute atomic E-state index is 14.0. The minimum absolute atomic E-state index is 0.140. The quantitative estimate of drug-likeness (QED) is 0.835. The van der Waals surface area contributed by atoms with Crippen LogP contribution in [0.15, 0.2) is 29.3 Å². The highest BCUT2D eigenvalue weighted by Crippen LogP contribution is 2.32. The molecule has 2 unspecified atom stereocenters. The fourth-order valence-corrected chi connectivity index (χ4v) is 4.62. The molecule has 0 amide bonds. The second-order valence-electron chi connectivity index (χ2n) is 7.03. The Morgan fingerprint density at radius 1 is 1.48 bits per heavy atom. The van der Waals surface area contributed by atoms with Crippen LogP contribution in [0.2, 0.25) is 0 Å². The molecule has 0 saturated heterocycles. The minimum atomic E-state index is -1.54. The van der Waals surface area contributed by atoms with Gasteiger partial charge in [0.2, 0.25) is 0 Å². The molecule has 1 heterocycles. The molecule has 2 atom stereocenters. The van der Waals surface area contributed by atoms with Gasteiger partial charge in [0.05, 0.1) is 22.2 Å². The molecule has 0 spiro atoms. The van der Waals surface area contributed by atoms with Gasteiger partial charge < -0.3 is 4.98 Å². The number of aromatic nitrogens is 1. The number of nitrogens with one attached hydrogen (secondary N) is 2. The van der Waals surface area contributed by atoms with Crippen molar-refractivity contribution in [3.8, 4) is 6.07 Å². The van der Waals surface area contributed by atoms with Crippen molar-refractivity contribution in [1.29, 1.82) is 5.26 Å². The highest BCUT2D eigenvalue weighted by atomic mass is 32.2. The molecule has 2 aromatic rings. The van der Waals surface area contributed by atoms with Gasteiger partial charge in [-0.2, -0.15) is 5.26 Å². The van der Waals surface area contributed by atoms with Crippen molar-refractivity contribution in [3.05, 3.63) is 47.0 Å². The maximum atomic E-state index is 14.0. The molecule has 6 heteroatoms. The molecule has 0 radical (unpaired) electrons. The fraction of sp³-hybridized carbons (Fsp3) is 0.421. The fourth-order valence-electron chi connectivity index (χ4n) is 3.53. The van der Waals surface area contributed by atoms with Crippen LogP contribution in [0, 0.1) is 29.0 Å². The normalized spacial score (nSPS) is 17.8. The first-order valence-corrected chi connectivity index (χ1v) is 9.70. The molecular formula is C19H22FN3OS. The first-order valence-electron chi connectivity index (χ1n) is 8.55. The van der Waals surface area contributed by atoms with Gasteiger partial charge >= 0.3 is 0 Å². The molecule has 1 aromatic carbocycles. The van der Waals surface area contributed by atoms with E-state index in [4.69, 9.17) is 5.26 Å². The van der Waals surface area contributed by atoms with Crippen molar-refractivity contribution in [2.75, 3.05) is 4.72 Å². The van der Waals surface area contributed by atoms with Crippen molar-refractivity contribution in [2.45, 2.75) is 44.4 Å². The second kappa shape index (κ2) is 7.40. The Kier molecular flexibility index (Phi) is 5.24. The molecule has 0 fully saturated rings. The summed E-state index contributed by atoms with van der Waals surface area (Å²) in [4.78, 5) is 3.96. The summed E-state index contributed by atoms with van der Waals surface area (Å²) in [5.41, 5.74) is 2.63. The zero-order chi connectivity index (χ0) is 18.0. The van der Waals surface area contributed by atoms with Crippen LogP contribution >= 0.6 is 0 Å². The summed E-state index contributed by atoms with van der Waals surface area (Å²) in [5.74, 6) is 0.765. The minimum Gasteiger partial charge on any atom is -0.364 e. The number of hydrogen-bond acceptors (Lipinski definition) is 2. The molecule has 2 N–H and O–H groups in total. The smallest absolute Gasteiger partial charge is 0.152 e. The molecule has 0 aliphatic heterocycles. The third-order valence-corrected chi connectivity index (χ3v) is 5.81. The van der Waals surface area contributed by atoms with E-state index in [1.807, 2.05) is 6.07 Å². The van der Waals surface area contributed by atoms with Gasteiger partial charge in [0, 0.05) is 11.9 Å². The van der Waals surface area contributed by atoms with Gasteiger partial charge in [0.1, 0.15) is 5.82 Å². The molecular weight excluding hydrogens is 337 g/mol. The van der Waals surface area contributed by atoms with Crippen molar-refractivity contribution in [1.82, 2.24) is 4.98 Å². The van der Waals surface area contributed by atoms with E-state index in [1.54, 1.807) is 6.20 Å². The summed E-state index contributed by atoms with van der Waals surface area (Å²) in [6, 6.07) is 5.98. The van der Waals surface area contributed by atoms with Gasteiger partial charge in [0.15, 0.2) is 11.0 Å². The van der Waals surface area contributed by atoms with Crippen molar-refractivity contribution >= 4 is 16.7 Å². The van der Waals surface area contributed by atoms with Gasteiger partial charge in [-0.05, 0) is 61.3 Å². The average molecular weight is 359 g/mol. The molecule has 1 aliphatic rings. The number of aromatic amines is 1. The number of rotatable bonds is 5. The molecule has 3 rings (SSSR count). The summed E-state index contributed by atoms with van der Waals surface area (Å²) in [7, 11) is -1.54. The summed E-state index contributed by atoms with van der Waals surface area (Å²) in [6.45, 7) is 4.47. The monoisotopic (exact) mass is 359 g/mol. The number of anilines is 1. The van der Waals surface area contributed by atoms with E-state index in [0.29, 0.717) is 16.7 Å². The molecule has 132 valence electrons. The lowest BCUT2D eigenvalue weighted by Crippen LogP contribution is -2.17. The second-order valence-corrected chi connectivity index (χ2v) is 8.21. The highest BCUT2D eigenvalue weighted by molar-refractivity contribution is 7.86. The van der Waals surface area contributed by atoms with Crippen LogP contribution in [-0.2, 0) is 23.8 Å². The van der Waals surface area contributed by atoms with Crippen molar-refractivity contribution in [3.63, 3.8) is 0 Å². The number of hydrogen-bond donors (Lipinski definition) is 2. The third kappa shape index (κ3) is 3.93. The topological polar surface area (TPSA) is 68.7 Å². The van der Waals surface area contributed by atoms with Gasteiger partial charge in [0.25, 0.3) is 0 Å². The lowest BCUT2D eigenvalue weighted by Gasteiger charge is -2.24. The summed E-state index contributed by atoms with van der Waals surface area (Å²) in [6.07, 6.45) is 5.95. The number of nitrogens with zero attached hydrogens (tertiary/aromatic N) is 1. The van der Waals surface area contributed by atoms with Crippen molar-refractivity contribution < 1.29 is 8.60 Å². The first-order chi connectivity index (χ1) is 12.0. The zero-order valence-electron chi connectivity index (χ0n) is 14.4. The molecule has 0 saturated carbocycles. The van der Waals surface area contributed by atoms with E-state index in [1.165, 1.54) is 18.6 Å². The Labute approximate surface area is 150 Å². The molecule has 1 aromatic heterocycles. The Bertz CT molecular complexity index is 838. The van der Waals surface area contributed by atoms with Gasteiger partial charge in [-0.15, -0.1) is 0 Å². The Hall–Kier alpha value is -2.13. The van der Waals surface area contributed by atoms with Crippen LogP contribution < -0.4 is 4.72 Å². The van der Waals surface area contributed by atoms with Crippen LogP contribution in [-0.4, -0.2) is 9.19 Å². The maximum Gasteiger partial charge on any atom is 0.152 e. The standard InChI is InChI=1S/C19H22FN3OS/c1-12(2)7-13-3-5-15-18(9-13)22-11-19(15)25(24)23-17-6-4-14(10-21)8-16(17)20/h4,6,8,11-13,22-23H,3,5,7,9H2,1-2H3. The van der Waals surface area contributed by atoms with E-state index in [9.17, 15) is 8.60 Å². The largest absolute Gasteiger partial charge is 0.364 e. The summed E-state index contributed by atoms with van der Waals surface area (Å²) in [5, 5.41) is 8.79. The lowest BCUT2D eigenvalue weighted by molar-refractivity contribution is 0.366. The molecule has 0 bridgehead atoms. The number of fused-ring (bicyclic) bond motifs is 1. The van der Waals surface area contributed by atoms with Gasteiger partial charge in [-0.3, -0.25) is 4.72 Å².